The van der Waals surface area contributed by atoms with E-state index in [9.17, 15) is 14.6 Å². The van der Waals surface area contributed by atoms with Gasteiger partial charge in [-0.1, -0.05) is 5.09 Å². The minimum atomic E-state index is -3.52. The summed E-state index contributed by atoms with van der Waals surface area (Å²) in [5.41, 5.74) is 11.2. The molecule has 3 saturated heterocycles. The number of aliphatic imine (C=N–C) groups is 4. The predicted molar refractivity (Wildman–Crippen MR) is 129 cm³/mol. The first-order chi connectivity index (χ1) is 16.8. The summed E-state index contributed by atoms with van der Waals surface area (Å²) in [6, 6.07) is -1.78. The van der Waals surface area contributed by atoms with E-state index < -0.39 is 69.9 Å². The molecule has 0 aromatic carbocycles. The van der Waals surface area contributed by atoms with E-state index in [2.05, 4.69) is 30.1 Å². The van der Waals surface area contributed by atoms with Gasteiger partial charge >= 0.3 is 8.18 Å². The topological polar surface area (TPSA) is 223 Å². The zero-order valence-electron chi connectivity index (χ0n) is 18.2. The van der Waals surface area contributed by atoms with Gasteiger partial charge in [0.15, 0.2) is 12.4 Å². The summed E-state index contributed by atoms with van der Waals surface area (Å²) in [7, 11) is -2.42. The van der Waals surface area contributed by atoms with Crippen molar-refractivity contribution in [3.05, 3.63) is 0 Å². The van der Waals surface area contributed by atoms with Crippen LogP contribution in [0.5, 0.6) is 0 Å². The van der Waals surface area contributed by atoms with E-state index in [1.807, 2.05) is 4.90 Å². The first-order valence-electron chi connectivity index (χ1n) is 10.7. The summed E-state index contributed by atoms with van der Waals surface area (Å²) in [6.07, 6.45) is -0.209. The van der Waals surface area contributed by atoms with Crippen LogP contribution >= 0.6 is 14.8 Å². The van der Waals surface area contributed by atoms with E-state index >= 15 is 0 Å². The van der Waals surface area contributed by atoms with Crippen LogP contribution in [0.15, 0.2) is 20.0 Å². The van der Waals surface area contributed by atoms with Gasteiger partial charge in [-0.3, -0.25) is 4.99 Å². The summed E-state index contributed by atoms with van der Waals surface area (Å²) < 4.78 is 35.6. The number of rotatable bonds is 2. The molecular weight excluding hydrogens is 524 g/mol. The van der Waals surface area contributed by atoms with Gasteiger partial charge < -0.3 is 40.4 Å². The molecule has 3 fully saturated rings. The fraction of sp³-hybridized carbons (Fsp3) is 0.750. The second kappa shape index (κ2) is 10.1. The molecule has 5 aliphatic heterocycles. The van der Waals surface area contributed by atoms with Crippen LogP contribution in [0, 0.1) is 0 Å². The average molecular weight is 550 g/mol. The molecular formula is C16H26N9O7P2S+. The maximum Gasteiger partial charge on any atom is 0.613 e. The summed E-state index contributed by atoms with van der Waals surface area (Å²) in [6.45, 7) is -3.83. The van der Waals surface area contributed by atoms with Crippen molar-refractivity contribution < 1.29 is 33.1 Å². The minimum Gasteiger partial charge on any atom is -0.390 e. The van der Waals surface area contributed by atoms with Crippen LogP contribution in [0.3, 0.4) is 0 Å². The molecule has 0 spiro atoms. The van der Waals surface area contributed by atoms with E-state index in [0.717, 1.165) is 6.34 Å². The quantitative estimate of drug-likeness (QED) is 0.118. The molecule has 0 aromatic heterocycles. The highest BCUT2D eigenvalue weighted by molar-refractivity contribution is 8.08. The van der Waals surface area contributed by atoms with Crippen LogP contribution in [0.2, 0.25) is 0 Å². The summed E-state index contributed by atoms with van der Waals surface area (Å²) in [5, 5.41) is 16.2. The van der Waals surface area contributed by atoms with Crippen molar-refractivity contribution in [3.63, 3.8) is 0 Å². The normalized spacial score (nSPS) is 47.1. The summed E-state index contributed by atoms with van der Waals surface area (Å²) in [4.78, 5) is 29.2. The van der Waals surface area contributed by atoms with Crippen molar-refractivity contribution in [3.8, 4) is 0 Å². The van der Waals surface area contributed by atoms with Crippen LogP contribution in [-0.4, -0.2) is 108 Å². The van der Waals surface area contributed by atoms with Crippen molar-refractivity contribution in [1.29, 1.82) is 0 Å². The van der Waals surface area contributed by atoms with E-state index in [1.54, 1.807) is 6.34 Å². The van der Waals surface area contributed by atoms with E-state index in [0.29, 0.717) is 12.3 Å². The molecule has 16 nitrogen and oxygen atoms in total. The Bertz CT molecular complexity index is 1020. The van der Waals surface area contributed by atoms with Crippen molar-refractivity contribution in [2.24, 2.45) is 31.4 Å². The molecule has 0 aliphatic carbocycles. The van der Waals surface area contributed by atoms with Gasteiger partial charge in [-0.2, -0.15) is 0 Å². The first-order valence-corrected chi connectivity index (χ1v) is 14.6. The highest BCUT2D eigenvalue weighted by Crippen LogP contribution is 2.43. The maximum atomic E-state index is 12.7. The average Bonchev–Trinajstić information content (AvgIpc) is 3.48. The van der Waals surface area contributed by atoms with Crippen LogP contribution in [-0.2, 0) is 34.9 Å². The zero-order valence-corrected chi connectivity index (χ0v) is 20.8. The first kappa shape index (κ1) is 25.2. The Morgan fingerprint density at radius 1 is 1.34 bits per heavy atom. The van der Waals surface area contributed by atoms with Gasteiger partial charge in [0.1, 0.15) is 55.4 Å². The third-order valence-corrected chi connectivity index (χ3v) is 8.89. The Kier molecular flexibility index (Phi) is 7.27. The molecule has 0 saturated carbocycles. The molecule has 35 heavy (non-hydrogen) atoms. The van der Waals surface area contributed by atoms with Gasteiger partial charge in [0.2, 0.25) is 0 Å². The molecule has 0 radical (unpaired) electrons. The molecule has 0 aromatic rings. The van der Waals surface area contributed by atoms with Crippen LogP contribution in [0.4, 0.5) is 0 Å². The SMILES string of the molecule is NC=N[C@@H]1O[C@@H]2COP(O)(=S)N[C@H]3C[C@H](N4C=NC5C(N)=NC=NC54)O[C@@H]3CO[P+](=O)N[C@H]2[C@H]1O. The Balaban J connectivity index is 1.31. The van der Waals surface area contributed by atoms with Gasteiger partial charge in [0, 0.05) is 12.5 Å². The minimum absolute atomic E-state index is 0.101. The number of aliphatic hydroxyl groups is 1. The molecule has 0 amide bonds. The standard InChI is InChI=1S/C16H25N9O7P2S/c17-4-19-16-13(26)11-9(32-16)3-30-34(28,35)24-7-1-10(31-8(7)2-29-33(27)23-11)25-6-22-12-14(18)20-5-21-15(12)25/h4-13,15-16,26H,1-3H2,(H6-,17,18,19,20,21,23,24,27,28,35)/p+1/t7-,8+,9+,10+,11+,12?,13+,15?,16+,34?/m0/s1. The summed E-state index contributed by atoms with van der Waals surface area (Å²) >= 11 is 5.32. The Morgan fingerprint density at radius 2 is 2.17 bits per heavy atom. The number of nitrogens with zero attached hydrogens (tertiary/aromatic N) is 5. The second-order valence-electron chi connectivity index (χ2n) is 8.37. The molecule has 5 rings (SSSR count). The molecule has 4 unspecified atom stereocenters. The lowest BCUT2D eigenvalue weighted by Crippen LogP contribution is -2.47. The number of fused-ring (bicyclic) bond motifs is 3. The fourth-order valence-corrected chi connectivity index (χ4v) is 7.13. The zero-order chi connectivity index (χ0) is 24.7. The van der Waals surface area contributed by atoms with Gasteiger partial charge in [-0.25, -0.2) is 20.1 Å². The lowest BCUT2D eigenvalue weighted by Gasteiger charge is -2.30. The molecule has 5 heterocycles. The highest BCUT2D eigenvalue weighted by atomic mass is 32.5. The number of hydrogen-bond donors (Lipinski definition) is 6. The van der Waals surface area contributed by atoms with E-state index in [4.69, 9.17) is 41.8 Å². The van der Waals surface area contributed by atoms with E-state index in [1.165, 1.54) is 6.34 Å². The smallest absolute Gasteiger partial charge is 0.390 e. The molecule has 0 bridgehead atoms. The molecule has 192 valence electrons. The van der Waals surface area contributed by atoms with Crippen LogP contribution in [0.25, 0.3) is 0 Å². The lowest BCUT2D eigenvalue weighted by atomic mass is 10.1. The van der Waals surface area contributed by atoms with Crippen LogP contribution < -0.4 is 21.6 Å². The number of amidine groups is 1. The molecule has 11 atom stereocenters. The molecule has 5 aliphatic rings. The van der Waals surface area contributed by atoms with Gasteiger partial charge in [-0.05, 0) is 16.4 Å². The van der Waals surface area contributed by atoms with Gasteiger partial charge in [0.25, 0.3) is 6.64 Å². The van der Waals surface area contributed by atoms with Gasteiger partial charge in [0.05, 0.1) is 19.3 Å². The molecule has 19 heteroatoms. The third-order valence-electron chi connectivity index (χ3n) is 6.21. The van der Waals surface area contributed by atoms with Gasteiger partial charge in [-0.15, -0.1) is 4.52 Å². The van der Waals surface area contributed by atoms with E-state index in [-0.39, 0.29) is 13.2 Å². The fourth-order valence-electron chi connectivity index (χ4n) is 4.51. The number of nitrogens with one attached hydrogen (secondary N) is 2. The summed E-state index contributed by atoms with van der Waals surface area (Å²) in [5.74, 6) is 0.353. The van der Waals surface area contributed by atoms with Crippen LogP contribution in [0.1, 0.15) is 6.42 Å². The number of ether oxygens (including phenoxy) is 2. The maximum absolute atomic E-state index is 12.7. The Hall–Kier alpha value is -1.49. The number of aliphatic hydroxyl groups excluding tert-OH is 1. The monoisotopic (exact) mass is 550 g/mol. The third kappa shape index (κ3) is 5.17. The molecule has 8 N–H and O–H groups in total. The largest absolute Gasteiger partial charge is 0.613 e. The number of hydrogen-bond acceptors (Lipinski definition) is 13. The number of nitrogens with two attached hydrogens (primary N) is 2. The Morgan fingerprint density at radius 3 is 2.97 bits per heavy atom. The van der Waals surface area contributed by atoms with Crippen molar-refractivity contribution in [1.82, 2.24) is 15.1 Å². The van der Waals surface area contributed by atoms with Crippen molar-refractivity contribution in [2.75, 3.05) is 13.2 Å². The second-order valence-corrected chi connectivity index (χ2v) is 12.4. The predicted octanol–water partition coefficient (Wildman–Crippen LogP) is -2.55. The van der Waals surface area contributed by atoms with Crippen molar-refractivity contribution >= 4 is 51.5 Å². The van der Waals surface area contributed by atoms with Crippen molar-refractivity contribution in [2.45, 2.75) is 61.5 Å². The highest BCUT2D eigenvalue weighted by Gasteiger charge is 2.51. The lowest BCUT2D eigenvalue weighted by molar-refractivity contribution is -0.0470. The Labute approximate surface area is 206 Å².